The van der Waals surface area contributed by atoms with E-state index in [0.717, 1.165) is 5.56 Å². The van der Waals surface area contributed by atoms with Gasteiger partial charge in [-0.1, -0.05) is 70.5 Å². The van der Waals surface area contributed by atoms with Crippen LogP contribution >= 0.6 is 0 Å². The van der Waals surface area contributed by atoms with Crippen molar-refractivity contribution in [3.05, 3.63) is 47.0 Å². The zero-order valence-corrected chi connectivity index (χ0v) is 15.6. The number of rotatable bonds is 4. The molecule has 1 fully saturated rings. The number of hydrogen-bond donors (Lipinski definition) is 0. The molecule has 0 amide bonds. The van der Waals surface area contributed by atoms with Crippen molar-refractivity contribution < 1.29 is 9.53 Å². The topological polar surface area (TPSA) is 26.3 Å². The largest absolute Gasteiger partial charge is 0.461 e. The quantitative estimate of drug-likeness (QED) is 0.559. The minimum absolute atomic E-state index is 0.00810. The van der Waals surface area contributed by atoms with Gasteiger partial charge in [-0.3, -0.25) is 4.79 Å². The summed E-state index contributed by atoms with van der Waals surface area (Å²) in [6.07, 6.45) is 2.20. The molecular formula is C21H30O2. The van der Waals surface area contributed by atoms with Gasteiger partial charge in [0.2, 0.25) is 0 Å². The van der Waals surface area contributed by atoms with Crippen LogP contribution in [0, 0.1) is 17.3 Å². The summed E-state index contributed by atoms with van der Waals surface area (Å²) in [5.41, 5.74) is 3.76. The lowest BCUT2D eigenvalue weighted by Gasteiger charge is -2.19. The van der Waals surface area contributed by atoms with Crippen LogP contribution in [0.1, 0.15) is 59.6 Å². The fourth-order valence-electron chi connectivity index (χ4n) is 3.14. The first-order valence-electron chi connectivity index (χ1n) is 8.44. The Morgan fingerprint density at radius 3 is 2.22 bits per heavy atom. The molecule has 0 heterocycles. The summed E-state index contributed by atoms with van der Waals surface area (Å²) in [7, 11) is 0. The molecule has 0 N–H and O–H groups in total. The van der Waals surface area contributed by atoms with Crippen LogP contribution in [0.15, 0.2) is 35.9 Å². The van der Waals surface area contributed by atoms with E-state index in [1.165, 1.54) is 11.1 Å². The van der Waals surface area contributed by atoms with E-state index < -0.39 is 0 Å². The van der Waals surface area contributed by atoms with Crippen molar-refractivity contribution in [2.75, 3.05) is 0 Å². The lowest BCUT2D eigenvalue weighted by atomic mass is 9.87. The Hall–Kier alpha value is -1.57. The minimum atomic E-state index is -0.0719. The molecule has 0 aliphatic heterocycles. The summed E-state index contributed by atoms with van der Waals surface area (Å²) in [4.78, 5) is 12.4. The molecule has 1 aliphatic carbocycles. The Labute approximate surface area is 140 Å². The maximum atomic E-state index is 12.4. The molecule has 2 heteroatoms. The van der Waals surface area contributed by atoms with Crippen LogP contribution in [-0.2, 0) is 21.6 Å². The fourth-order valence-corrected chi connectivity index (χ4v) is 3.14. The molecule has 1 aliphatic rings. The van der Waals surface area contributed by atoms with Crippen LogP contribution in [-0.4, -0.2) is 5.97 Å². The van der Waals surface area contributed by atoms with Gasteiger partial charge in [-0.2, -0.15) is 0 Å². The van der Waals surface area contributed by atoms with Crippen LogP contribution in [0.2, 0.25) is 0 Å². The number of benzene rings is 1. The molecule has 0 spiro atoms. The Morgan fingerprint density at radius 2 is 1.74 bits per heavy atom. The molecule has 0 aromatic heterocycles. The highest BCUT2D eigenvalue weighted by Gasteiger charge is 2.61. The summed E-state index contributed by atoms with van der Waals surface area (Å²) >= 11 is 0. The van der Waals surface area contributed by atoms with Gasteiger partial charge in [0.1, 0.15) is 6.61 Å². The molecule has 0 radical (unpaired) electrons. The van der Waals surface area contributed by atoms with Crippen LogP contribution in [0.4, 0.5) is 0 Å². The van der Waals surface area contributed by atoms with E-state index in [1.54, 1.807) is 0 Å². The first kappa shape index (κ1) is 17.8. The Balaban J connectivity index is 1.94. The van der Waals surface area contributed by atoms with Crippen LogP contribution in [0.25, 0.3) is 0 Å². The predicted octanol–water partition coefficient (Wildman–Crippen LogP) is 5.27. The normalized spacial score (nSPS) is 22.4. The molecule has 1 aromatic rings. The Kier molecular flexibility index (Phi) is 4.75. The fraction of sp³-hybridized carbons (Fsp3) is 0.571. The minimum Gasteiger partial charge on any atom is -0.461 e. The maximum Gasteiger partial charge on any atom is 0.310 e. The lowest BCUT2D eigenvalue weighted by molar-refractivity contribution is -0.147. The smallest absolute Gasteiger partial charge is 0.310 e. The molecule has 2 atom stereocenters. The molecule has 0 saturated heterocycles. The predicted molar refractivity (Wildman–Crippen MR) is 95.1 cm³/mol. The van der Waals surface area contributed by atoms with E-state index in [1.807, 2.05) is 0 Å². The standard InChI is InChI=1S/C21H30O2/c1-14(2)12-17-18(21(17,6)7)19(22)23-13-15-8-10-16(11-9-15)20(3,4)5/h8-12,17-18H,13H2,1-7H3/t17-,18+/m1/s1. The molecule has 23 heavy (non-hydrogen) atoms. The van der Waals surface area contributed by atoms with Gasteiger partial charge in [0, 0.05) is 0 Å². The van der Waals surface area contributed by atoms with Gasteiger partial charge >= 0.3 is 5.97 Å². The summed E-state index contributed by atoms with van der Waals surface area (Å²) in [5, 5.41) is 0. The highest BCUT2D eigenvalue weighted by molar-refractivity contribution is 5.78. The second kappa shape index (κ2) is 6.14. The summed E-state index contributed by atoms with van der Waals surface area (Å²) in [6.45, 7) is 15.4. The Bertz CT molecular complexity index is 596. The third kappa shape index (κ3) is 4.04. The first-order chi connectivity index (χ1) is 10.5. The molecule has 1 aromatic carbocycles. The van der Waals surface area contributed by atoms with Gasteiger partial charge in [-0.15, -0.1) is 0 Å². The number of carbonyl (C=O) groups excluding carboxylic acids is 1. The zero-order chi connectivity index (χ0) is 17.4. The molecule has 1 saturated carbocycles. The van der Waals surface area contributed by atoms with Gasteiger partial charge < -0.3 is 4.74 Å². The van der Waals surface area contributed by atoms with E-state index >= 15 is 0 Å². The van der Waals surface area contributed by atoms with E-state index in [-0.39, 0.29) is 22.7 Å². The second-order valence-electron chi connectivity index (χ2n) is 8.62. The number of carbonyl (C=O) groups is 1. The van der Waals surface area contributed by atoms with E-state index in [2.05, 4.69) is 78.8 Å². The van der Waals surface area contributed by atoms with Crippen LogP contribution in [0.3, 0.4) is 0 Å². The third-order valence-corrected chi connectivity index (χ3v) is 4.88. The van der Waals surface area contributed by atoms with Gasteiger partial charge in [-0.05, 0) is 41.7 Å². The van der Waals surface area contributed by atoms with Crippen molar-refractivity contribution in [2.24, 2.45) is 17.3 Å². The van der Waals surface area contributed by atoms with Crippen molar-refractivity contribution in [3.8, 4) is 0 Å². The molecule has 2 rings (SSSR count). The van der Waals surface area contributed by atoms with Crippen molar-refractivity contribution in [1.29, 1.82) is 0 Å². The van der Waals surface area contributed by atoms with Crippen molar-refractivity contribution >= 4 is 5.97 Å². The third-order valence-electron chi connectivity index (χ3n) is 4.88. The summed E-state index contributed by atoms with van der Waals surface area (Å²) in [5.74, 6) is 0.229. The second-order valence-corrected chi connectivity index (χ2v) is 8.62. The highest BCUT2D eigenvalue weighted by Crippen LogP contribution is 2.59. The van der Waals surface area contributed by atoms with Crippen LogP contribution < -0.4 is 0 Å². The monoisotopic (exact) mass is 314 g/mol. The molecule has 0 bridgehead atoms. The lowest BCUT2D eigenvalue weighted by Crippen LogP contribution is -2.12. The van der Waals surface area contributed by atoms with E-state index in [9.17, 15) is 4.79 Å². The van der Waals surface area contributed by atoms with Crippen molar-refractivity contribution in [1.82, 2.24) is 0 Å². The summed E-state index contributed by atoms with van der Waals surface area (Å²) < 4.78 is 5.56. The molecule has 0 unspecified atom stereocenters. The average Bonchev–Trinajstić information content (AvgIpc) is 2.96. The zero-order valence-electron chi connectivity index (χ0n) is 15.6. The SMILES string of the molecule is CC(C)=C[C@@H]1[C@@H](C(=O)OCc2ccc(C(C)(C)C)cc2)C1(C)C. The van der Waals surface area contributed by atoms with Gasteiger partial charge in [0.25, 0.3) is 0 Å². The van der Waals surface area contributed by atoms with E-state index in [4.69, 9.17) is 4.74 Å². The van der Waals surface area contributed by atoms with Gasteiger partial charge in [0.15, 0.2) is 0 Å². The summed E-state index contributed by atoms with van der Waals surface area (Å²) in [6, 6.07) is 8.35. The number of esters is 1. The van der Waals surface area contributed by atoms with Crippen LogP contribution in [0.5, 0.6) is 0 Å². The molecule has 126 valence electrons. The first-order valence-corrected chi connectivity index (χ1v) is 8.44. The van der Waals surface area contributed by atoms with Crippen molar-refractivity contribution in [2.45, 2.75) is 60.5 Å². The van der Waals surface area contributed by atoms with Gasteiger partial charge in [0.05, 0.1) is 5.92 Å². The highest BCUT2D eigenvalue weighted by atomic mass is 16.5. The Morgan fingerprint density at radius 1 is 1.17 bits per heavy atom. The maximum absolute atomic E-state index is 12.4. The average molecular weight is 314 g/mol. The number of allylic oxidation sites excluding steroid dienone is 2. The molecular weight excluding hydrogens is 284 g/mol. The van der Waals surface area contributed by atoms with Gasteiger partial charge in [-0.25, -0.2) is 0 Å². The molecule has 2 nitrogen and oxygen atoms in total. The number of ether oxygens (including phenoxy) is 1. The van der Waals surface area contributed by atoms with Crippen molar-refractivity contribution in [3.63, 3.8) is 0 Å². The number of hydrogen-bond acceptors (Lipinski definition) is 2. The van der Waals surface area contributed by atoms with E-state index in [0.29, 0.717) is 12.5 Å².